The SMILES string of the molecule is CC1CCC(N(CCN(C)C)C(=O)C=Cc2ccc(N(C)C)cc2)CC1.Cl.Cl. The number of nitrogens with zero attached hydrogens (tertiary/aromatic N) is 3. The smallest absolute Gasteiger partial charge is 0.246 e. The zero-order valence-electron chi connectivity index (χ0n) is 17.9. The molecule has 0 aromatic heterocycles. The molecule has 1 aliphatic rings. The number of amides is 1. The molecule has 2 rings (SSSR count). The Kier molecular flexibility index (Phi) is 12.5. The van der Waals surface area contributed by atoms with Crippen molar-refractivity contribution in [2.24, 2.45) is 5.92 Å². The highest BCUT2D eigenvalue weighted by Crippen LogP contribution is 2.27. The summed E-state index contributed by atoms with van der Waals surface area (Å²) in [5, 5.41) is 0. The summed E-state index contributed by atoms with van der Waals surface area (Å²) in [6, 6.07) is 8.67. The molecule has 0 aliphatic heterocycles. The van der Waals surface area contributed by atoms with Crippen LogP contribution in [0.2, 0.25) is 0 Å². The van der Waals surface area contributed by atoms with E-state index in [1.54, 1.807) is 6.08 Å². The second-order valence-electron chi connectivity index (χ2n) is 8.07. The van der Waals surface area contributed by atoms with Gasteiger partial charge in [-0.15, -0.1) is 24.8 Å². The van der Waals surface area contributed by atoms with Crippen molar-refractivity contribution in [3.05, 3.63) is 35.9 Å². The number of carbonyl (C=O) groups excluding carboxylic acids is 1. The minimum absolute atomic E-state index is 0. The van der Waals surface area contributed by atoms with Gasteiger partial charge < -0.3 is 14.7 Å². The van der Waals surface area contributed by atoms with Crippen molar-refractivity contribution < 1.29 is 4.79 Å². The fourth-order valence-electron chi connectivity index (χ4n) is 3.48. The highest BCUT2D eigenvalue weighted by atomic mass is 35.5. The van der Waals surface area contributed by atoms with Crippen molar-refractivity contribution in [1.82, 2.24) is 9.80 Å². The molecule has 0 atom stereocenters. The predicted octanol–water partition coefficient (Wildman–Crippen LogP) is 4.58. The third kappa shape index (κ3) is 8.42. The van der Waals surface area contributed by atoms with E-state index in [-0.39, 0.29) is 30.7 Å². The van der Waals surface area contributed by atoms with Crippen molar-refractivity contribution in [3.63, 3.8) is 0 Å². The molecule has 1 amide bonds. The van der Waals surface area contributed by atoms with Crippen LogP contribution >= 0.6 is 24.8 Å². The summed E-state index contributed by atoms with van der Waals surface area (Å²) < 4.78 is 0. The second-order valence-corrected chi connectivity index (χ2v) is 8.07. The topological polar surface area (TPSA) is 26.8 Å². The summed E-state index contributed by atoms with van der Waals surface area (Å²) in [6.45, 7) is 4.03. The van der Waals surface area contributed by atoms with Crippen LogP contribution in [0.25, 0.3) is 6.08 Å². The third-order valence-corrected chi connectivity index (χ3v) is 5.33. The van der Waals surface area contributed by atoms with Gasteiger partial charge in [0.1, 0.15) is 0 Å². The predicted molar refractivity (Wildman–Crippen MR) is 126 cm³/mol. The second kappa shape index (κ2) is 13.1. The monoisotopic (exact) mass is 429 g/mol. The molecule has 0 saturated heterocycles. The lowest BCUT2D eigenvalue weighted by atomic mass is 9.86. The van der Waals surface area contributed by atoms with Crippen LogP contribution in [0.5, 0.6) is 0 Å². The molecule has 1 fully saturated rings. The van der Waals surface area contributed by atoms with Crippen molar-refractivity contribution in [1.29, 1.82) is 0 Å². The Hall–Kier alpha value is -1.23. The van der Waals surface area contributed by atoms with Crippen LogP contribution < -0.4 is 4.90 Å². The van der Waals surface area contributed by atoms with Crippen LogP contribution in [-0.2, 0) is 4.79 Å². The van der Waals surface area contributed by atoms with Gasteiger partial charge in [-0.1, -0.05) is 19.1 Å². The number of anilines is 1. The van der Waals surface area contributed by atoms with E-state index in [4.69, 9.17) is 0 Å². The van der Waals surface area contributed by atoms with E-state index in [1.165, 1.54) is 12.8 Å². The van der Waals surface area contributed by atoms with Gasteiger partial charge in [-0.3, -0.25) is 4.79 Å². The molecule has 1 aromatic rings. The molecular formula is C22H37Cl2N3O. The minimum atomic E-state index is 0. The van der Waals surface area contributed by atoms with E-state index < -0.39 is 0 Å². The lowest BCUT2D eigenvalue weighted by Gasteiger charge is -2.36. The average Bonchev–Trinajstić information content (AvgIpc) is 2.61. The molecule has 6 heteroatoms. The molecular weight excluding hydrogens is 393 g/mol. The molecule has 28 heavy (non-hydrogen) atoms. The number of benzene rings is 1. The number of halogens is 2. The Morgan fingerprint density at radius 3 is 2.04 bits per heavy atom. The van der Waals surface area contributed by atoms with Gasteiger partial charge in [0.25, 0.3) is 0 Å². The summed E-state index contributed by atoms with van der Waals surface area (Å²) >= 11 is 0. The number of carbonyl (C=O) groups is 1. The Morgan fingerprint density at radius 2 is 1.54 bits per heavy atom. The van der Waals surface area contributed by atoms with Crippen molar-refractivity contribution >= 4 is 42.5 Å². The summed E-state index contributed by atoms with van der Waals surface area (Å²) in [6.07, 6.45) is 8.41. The molecule has 0 bridgehead atoms. The maximum absolute atomic E-state index is 12.9. The van der Waals surface area contributed by atoms with Gasteiger partial charge in [-0.25, -0.2) is 0 Å². The maximum Gasteiger partial charge on any atom is 0.246 e. The van der Waals surface area contributed by atoms with E-state index in [0.29, 0.717) is 6.04 Å². The van der Waals surface area contributed by atoms with Crippen LogP contribution in [-0.4, -0.2) is 63.0 Å². The average molecular weight is 430 g/mol. The van der Waals surface area contributed by atoms with Gasteiger partial charge in [0.15, 0.2) is 0 Å². The fraction of sp³-hybridized carbons (Fsp3) is 0.591. The minimum Gasteiger partial charge on any atom is -0.378 e. The Morgan fingerprint density at radius 1 is 0.964 bits per heavy atom. The lowest BCUT2D eigenvalue weighted by molar-refractivity contribution is -0.129. The number of hydrogen-bond acceptors (Lipinski definition) is 3. The molecule has 160 valence electrons. The van der Waals surface area contributed by atoms with E-state index in [2.05, 4.69) is 60.0 Å². The zero-order valence-corrected chi connectivity index (χ0v) is 19.6. The molecule has 4 nitrogen and oxygen atoms in total. The van der Waals surface area contributed by atoms with Gasteiger partial charge in [0.2, 0.25) is 5.91 Å². The normalized spacial score (nSPS) is 19.1. The Balaban J connectivity index is 0.00000364. The van der Waals surface area contributed by atoms with E-state index in [9.17, 15) is 4.79 Å². The first-order valence-electron chi connectivity index (χ1n) is 9.77. The molecule has 0 radical (unpaired) electrons. The van der Waals surface area contributed by atoms with Gasteiger partial charge in [0, 0.05) is 45.0 Å². The van der Waals surface area contributed by atoms with Crippen LogP contribution in [0.15, 0.2) is 30.3 Å². The highest BCUT2D eigenvalue weighted by Gasteiger charge is 2.26. The molecule has 1 aliphatic carbocycles. The van der Waals surface area contributed by atoms with Gasteiger partial charge in [-0.2, -0.15) is 0 Å². The van der Waals surface area contributed by atoms with Gasteiger partial charge >= 0.3 is 0 Å². The van der Waals surface area contributed by atoms with Crippen LogP contribution in [0.4, 0.5) is 5.69 Å². The Labute approximate surface area is 183 Å². The lowest BCUT2D eigenvalue weighted by Crippen LogP contribution is -2.44. The summed E-state index contributed by atoms with van der Waals surface area (Å²) in [5.74, 6) is 0.936. The molecule has 0 unspecified atom stereocenters. The van der Waals surface area contributed by atoms with Gasteiger partial charge in [0.05, 0.1) is 0 Å². The fourth-order valence-corrected chi connectivity index (χ4v) is 3.48. The van der Waals surface area contributed by atoms with Crippen molar-refractivity contribution in [2.75, 3.05) is 46.2 Å². The Bertz CT molecular complexity index is 594. The van der Waals surface area contributed by atoms with Crippen LogP contribution in [0.1, 0.15) is 38.2 Å². The van der Waals surface area contributed by atoms with E-state index in [0.717, 1.165) is 43.1 Å². The van der Waals surface area contributed by atoms with Crippen molar-refractivity contribution in [3.8, 4) is 0 Å². The first kappa shape index (κ1) is 26.8. The molecule has 1 aromatic carbocycles. The molecule has 0 spiro atoms. The maximum atomic E-state index is 12.9. The van der Waals surface area contributed by atoms with Crippen LogP contribution in [0.3, 0.4) is 0 Å². The number of likely N-dealkylation sites (N-methyl/N-ethyl adjacent to an activating group) is 1. The van der Waals surface area contributed by atoms with Crippen molar-refractivity contribution in [2.45, 2.75) is 38.6 Å². The quantitative estimate of drug-likeness (QED) is 0.593. The molecule has 1 saturated carbocycles. The number of rotatable bonds is 7. The first-order valence-corrected chi connectivity index (χ1v) is 9.77. The molecule has 0 N–H and O–H groups in total. The summed E-state index contributed by atoms with van der Waals surface area (Å²) in [7, 11) is 8.19. The standard InChI is InChI=1S/C22H35N3O.2ClH/c1-18-6-11-21(12-7-18)25(17-16-23(2)3)22(26)15-10-19-8-13-20(14-9-19)24(4)5;;/h8-10,13-15,18,21H,6-7,11-12,16-17H2,1-5H3;2*1H. The van der Waals surface area contributed by atoms with E-state index >= 15 is 0 Å². The van der Waals surface area contributed by atoms with Gasteiger partial charge in [-0.05, 0) is 69.5 Å². The molecule has 0 heterocycles. The largest absolute Gasteiger partial charge is 0.378 e. The van der Waals surface area contributed by atoms with E-state index in [1.807, 2.05) is 20.2 Å². The summed E-state index contributed by atoms with van der Waals surface area (Å²) in [4.78, 5) is 19.2. The number of hydrogen-bond donors (Lipinski definition) is 0. The third-order valence-electron chi connectivity index (χ3n) is 5.33. The van der Waals surface area contributed by atoms with Crippen LogP contribution in [0, 0.1) is 5.92 Å². The summed E-state index contributed by atoms with van der Waals surface area (Å²) in [5.41, 5.74) is 2.23. The zero-order chi connectivity index (χ0) is 19.1. The first-order chi connectivity index (χ1) is 12.4. The highest BCUT2D eigenvalue weighted by molar-refractivity contribution is 5.92.